The summed E-state index contributed by atoms with van der Waals surface area (Å²) in [4.78, 5) is 14.1. The highest BCUT2D eigenvalue weighted by molar-refractivity contribution is 6.31. The van der Waals surface area contributed by atoms with Crippen LogP contribution in [0.4, 0.5) is 4.39 Å². The lowest BCUT2D eigenvalue weighted by Crippen LogP contribution is -2.56. The van der Waals surface area contributed by atoms with E-state index in [4.69, 9.17) is 16.3 Å². The molecule has 2 fully saturated rings. The van der Waals surface area contributed by atoms with Crippen molar-refractivity contribution >= 4 is 17.5 Å². The van der Waals surface area contributed by atoms with Crippen LogP contribution in [0.1, 0.15) is 31.2 Å². The fraction of sp³-hybridized carbons (Fsp3) is 0.588. The van der Waals surface area contributed by atoms with E-state index in [1.165, 1.54) is 12.1 Å². The fourth-order valence-corrected chi connectivity index (χ4v) is 3.72. The highest BCUT2D eigenvalue weighted by Gasteiger charge is 2.44. The number of ether oxygens (including phenoxy) is 1. The fourth-order valence-electron chi connectivity index (χ4n) is 3.49. The summed E-state index contributed by atoms with van der Waals surface area (Å²) in [5, 5.41) is 10.5. The molecular weight excluding hydrogens is 321 g/mol. The number of rotatable bonds is 2. The summed E-state index contributed by atoms with van der Waals surface area (Å²) in [5.74, 6) is -0.595. The lowest BCUT2D eigenvalue weighted by Gasteiger charge is -2.46. The van der Waals surface area contributed by atoms with Gasteiger partial charge in [-0.15, -0.1) is 0 Å². The molecule has 6 heteroatoms. The summed E-state index contributed by atoms with van der Waals surface area (Å²) >= 11 is 5.98. The van der Waals surface area contributed by atoms with E-state index >= 15 is 0 Å². The summed E-state index contributed by atoms with van der Waals surface area (Å²) in [6.45, 7) is 1.69. The van der Waals surface area contributed by atoms with Crippen LogP contribution in [0.3, 0.4) is 0 Å². The van der Waals surface area contributed by atoms with Gasteiger partial charge in [-0.3, -0.25) is 4.79 Å². The van der Waals surface area contributed by atoms with Crippen molar-refractivity contribution in [2.24, 2.45) is 0 Å². The molecule has 1 N–H and O–H groups in total. The second kappa shape index (κ2) is 6.75. The van der Waals surface area contributed by atoms with Crippen LogP contribution < -0.4 is 0 Å². The molecule has 0 saturated carbocycles. The minimum absolute atomic E-state index is 0.0398. The first kappa shape index (κ1) is 16.7. The molecule has 1 spiro atoms. The number of carbonyl (C=O) groups is 1. The molecule has 0 aliphatic carbocycles. The van der Waals surface area contributed by atoms with E-state index in [0.29, 0.717) is 32.5 Å². The number of likely N-dealkylation sites (tertiary alicyclic amines) is 1. The highest BCUT2D eigenvalue weighted by Crippen LogP contribution is 2.35. The largest absolute Gasteiger partial charge is 0.390 e. The van der Waals surface area contributed by atoms with Crippen LogP contribution >= 0.6 is 11.6 Å². The first-order valence-electron chi connectivity index (χ1n) is 8.04. The Morgan fingerprint density at radius 3 is 2.83 bits per heavy atom. The summed E-state index contributed by atoms with van der Waals surface area (Å²) in [7, 11) is 0. The van der Waals surface area contributed by atoms with E-state index in [1.807, 2.05) is 0 Å². The molecule has 2 heterocycles. The smallest absolute Gasteiger partial charge is 0.227 e. The van der Waals surface area contributed by atoms with E-state index in [2.05, 4.69) is 0 Å². The molecule has 1 atom stereocenters. The van der Waals surface area contributed by atoms with Crippen molar-refractivity contribution < 1.29 is 19.0 Å². The lowest BCUT2D eigenvalue weighted by molar-refractivity contribution is -0.179. The quantitative estimate of drug-likeness (QED) is 0.899. The minimum atomic E-state index is -0.509. The van der Waals surface area contributed by atoms with Gasteiger partial charge in [0.05, 0.1) is 18.1 Å². The van der Waals surface area contributed by atoms with Gasteiger partial charge in [0.1, 0.15) is 5.82 Å². The molecule has 1 aromatic rings. The number of halogens is 2. The van der Waals surface area contributed by atoms with Gasteiger partial charge in [0.15, 0.2) is 0 Å². The number of aliphatic hydroxyl groups excluding tert-OH is 1. The van der Waals surface area contributed by atoms with Crippen molar-refractivity contribution in [2.45, 2.75) is 43.8 Å². The van der Waals surface area contributed by atoms with E-state index in [-0.39, 0.29) is 22.9 Å². The minimum Gasteiger partial charge on any atom is -0.390 e. The number of carbonyl (C=O) groups excluding carboxylic acids is 1. The molecule has 126 valence electrons. The molecule has 2 aliphatic heterocycles. The first-order chi connectivity index (χ1) is 11.0. The molecule has 0 radical (unpaired) electrons. The van der Waals surface area contributed by atoms with Gasteiger partial charge in [-0.25, -0.2) is 4.39 Å². The predicted octanol–water partition coefficient (Wildman–Crippen LogP) is 2.55. The van der Waals surface area contributed by atoms with Gasteiger partial charge in [-0.1, -0.05) is 17.7 Å². The van der Waals surface area contributed by atoms with Crippen LogP contribution in [-0.4, -0.2) is 47.3 Å². The number of piperidine rings is 1. The van der Waals surface area contributed by atoms with Gasteiger partial charge in [0.2, 0.25) is 5.91 Å². The third kappa shape index (κ3) is 3.37. The average molecular weight is 342 g/mol. The zero-order valence-electron chi connectivity index (χ0n) is 12.9. The number of aliphatic hydroxyl groups is 1. The third-order valence-corrected chi connectivity index (χ3v) is 5.33. The van der Waals surface area contributed by atoms with Gasteiger partial charge in [-0.2, -0.15) is 0 Å². The van der Waals surface area contributed by atoms with Gasteiger partial charge in [0, 0.05) is 30.3 Å². The number of hydrogen-bond acceptors (Lipinski definition) is 3. The maximum Gasteiger partial charge on any atom is 0.227 e. The molecule has 1 amide bonds. The van der Waals surface area contributed by atoms with Crippen LogP contribution in [0.2, 0.25) is 5.02 Å². The summed E-state index contributed by atoms with van der Waals surface area (Å²) in [6.07, 6.45) is 2.35. The zero-order valence-corrected chi connectivity index (χ0v) is 13.7. The summed E-state index contributed by atoms with van der Waals surface area (Å²) < 4.78 is 19.6. The van der Waals surface area contributed by atoms with Crippen LogP contribution in [0.25, 0.3) is 0 Å². The van der Waals surface area contributed by atoms with Gasteiger partial charge < -0.3 is 14.7 Å². The third-order valence-electron chi connectivity index (χ3n) is 4.97. The van der Waals surface area contributed by atoms with Crippen molar-refractivity contribution in [1.82, 2.24) is 4.90 Å². The predicted molar refractivity (Wildman–Crippen MR) is 84.9 cm³/mol. The molecule has 3 rings (SSSR count). The Balaban J connectivity index is 1.62. The lowest BCUT2D eigenvalue weighted by atomic mass is 9.82. The van der Waals surface area contributed by atoms with Crippen LogP contribution in [0.5, 0.6) is 0 Å². The topological polar surface area (TPSA) is 49.8 Å². The molecule has 2 aliphatic rings. The Morgan fingerprint density at radius 2 is 2.17 bits per heavy atom. The molecule has 0 aromatic heterocycles. The first-order valence-corrected chi connectivity index (χ1v) is 8.42. The van der Waals surface area contributed by atoms with Crippen LogP contribution in [0, 0.1) is 5.82 Å². The molecule has 1 aromatic carbocycles. The molecule has 0 unspecified atom stereocenters. The normalized spacial score (nSPS) is 24.0. The Hall–Kier alpha value is -1.17. The van der Waals surface area contributed by atoms with E-state index in [9.17, 15) is 14.3 Å². The Bertz CT molecular complexity index is 567. The van der Waals surface area contributed by atoms with Crippen molar-refractivity contribution in [3.8, 4) is 0 Å². The van der Waals surface area contributed by atoms with E-state index in [0.717, 1.165) is 12.8 Å². The zero-order chi connectivity index (χ0) is 16.4. The SMILES string of the molecule is O=C(Cc1c(F)cccc1Cl)N1CCC2(CC1)OCCC[C@@H]2O. The maximum atomic E-state index is 13.8. The number of hydrogen-bond donors (Lipinski definition) is 1. The maximum absolute atomic E-state index is 13.8. The number of nitrogens with zero attached hydrogens (tertiary/aromatic N) is 1. The molecular formula is C17H21ClFNO3. The Labute approximate surface area is 140 Å². The standard InChI is InChI=1S/C17H21ClFNO3/c18-13-3-1-4-14(19)12(13)11-16(22)20-8-6-17(7-9-20)15(21)5-2-10-23-17/h1,3-4,15,21H,2,5-11H2/t15-/m0/s1. The Morgan fingerprint density at radius 1 is 1.43 bits per heavy atom. The number of benzene rings is 1. The van der Waals surface area contributed by atoms with Crippen LogP contribution in [-0.2, 0) is 16.0 Å². The van der Waals surface area contributed by atoms with Crippen LogP contribution in [0.15, 0.2) is 18.2 Å². The molecule has 2 saturated heterocycles. The van der Waals surface area contributed by atoms with Gasteiger partial charge in [-0.05, 0) is 37.8 Å². The van der Waals surface area contributed by atoms with Crippen molar-refractivity contribution in [1.29, 1.82) is 0 Å². The molecule has 4 nitrogen and oxygen atoms in total. The summed E-state index contributed by atoms with van der Waals surface area (Å²) in [6, 6.07) is 4.43. The highest BCUT2D eigenvalue weighted by atomic mass is 35.5. The molecule has 23 heavy (non-hydrogen) atoms. The van der Waals surface area contributed by atoms with Crippen molar-refractivity contribution in [3.63, 3.8) is 0 Å². The average Bonchev–Trinajstić information content (AvgIpc) is 2.54. The number of amides is 1. The second-order valence-corrected chi connectivity index (χ2v) is 6.74. The molecule has 0 bridgehead atoms. The second-order valence-electron chi connectivity index (χ2n) is 6.33. The Kier molecular flexibility index (Phi) is 4.90. The van der Waals surface area contributed by atoms with E-state index < -0.39 is 17.5 Å². The van der Waals surface area contributed by atoms with Crippen molar-refractivity contribution in [2.75, 3.05) is 19.7 Å². The van der Waals surface area contributed by atoms with Gasteiger partial charge in [0.25, 0.3) is 0 Å². The van der Waals surface area contributed by atoms with Crippen molar-refractivity contribution in [3.05, 3.63) is 34.6 Å². The van der Waals surface area contributed by atoms with E-state index in [1.54, 1.807) is 11.0 Å². The van der Waals surface area contributed by atoms with Gasteiger partial charge >= 0.3 is 0 Å². The summed E-state index contributed by atoms with van der Waals surface area (Å²) in [5.41, 5.74) is -0.265. The monoisotopic (exact) mass is 341 g/mol.